The van der Waals surface area contributed by atoms with Gasteiger partial charge in [0.15, 0.2) is 0 Å². The Bertz CT molecular complexity index is 464. The molecule has 148 valence electrons. The highest BCUT2D eigenvalue weighted by molar-refractivity contribution is 5.85. The third-order valence-electron chi connectivity index (χ3n) is 5.38. The Hall–Kier alpha value is -1.31. The van der Waals surface area contributed by atoms with Crippen LogP contribution in [0.3, 0.4) is 0 Å². The van der Waals surface area contributed by atoms with E-state index in [1.807, 2.05) is 31.2 Å². The Morgan fingerprint density at radius 2 is 1.27 bits per heavy atom. The summed E-state index contributed by atoms with van der Waals surface area (Å²) in [5, 5.41) is 0. The average molecular weight is 361 g/mol. The third-order valence-corrected chi connectivity index (χ3v) is 5.38. The first-order valence-electron chi connectivity index (χ1n) is 10.9. The number of ether oxygens (including phenoxy) is 1. The fourth-order valence-corrected chi connectivity index (χ4v) is 3.44. The number of rotatable bonds is 16. The van der Waals surface area contributed by atoms with Gasteiger partial charge in [-0.25, -0.2) is 0 Å². The lowest BCUT2D eigenvalue weighted by atomic mass is 9.93. The molecule has 0 radical (unpaired) electrons. The monoisotopic (exact) mass is 360 g/mol. The molecule has 0 amide bonds. The maximum Gasteiger partial charge on any atom is 0.140 e. The maximum atomic E-state index is 12.3. The summed E-state index contributed by atoms with van der Waals surface area (Å²) in [5.41, 5.74) is 1.09. The SMILES string of the molecule is CCCCCCCCCCCCCCC(=O)C(C)c1ccc(OC)cc1. The van der Waals surface area contributed by atoms with E-state index in [0.717, 1.165) is 17.7 Å². The van der Waals surface area contributed by atoms with Crippen molar-refractivity contribution in [3.63, 3.8) is 0 Å². The standard InChI is InChI=1S/C24H40O2/c1-4-5-6-7-8-9-10-11-12-13-14-15-16-24(25)21(2)22-17-19-23(26-3)20-18-22/h17-21H,4-16H2,1-3H3. The van der Waals surface area contributed by atoms with Gasteiger partial charge in [0.1, 0.15) is 11.5 Å². The van der Waals surface area contributed by atoms with E-state index >= 15 is 0 Å². The predicted octanol–water partition coefficient (Wildman–Crippen LogP) is 7.46. The molecule has 0 aliphatic heterocycles. The quantitative estimate of drug-likeness (QED) is 0.286. The molecule has 0 spiro atoms. The van der Waals surface area contributed by atoms with E-state index in [1.165, 1.54) is 70.6 Å². The second-order valence-corrected chi connectivity index (χ2v) is 7.60. The van der Waals surface area contributed by atoms with Crippen molar-refractivity contribution in [2.45, 2.75) is 103 Å². The lowest BCUT2D eigenvalue weighted by Crippen LogP contribution is -2.08. The molecule has 1 aromatic carbocycles. The van der Waals surface area contributed by atoms with E-state index in [1.54, 1.807) is 7.11 Å². The number of unbranched alkanes of at least 4 members (excludes halogenated alkanes) is 11. The van der Waals surface area contributed by atoms with Crippen molar-refractivity contribution in [2.24, 2.45) is 0 Å². The van der Waals surface area contributed by atoms with Gasteiger partial charge in [-0.1, -0.05) is 96.6 Å². The number of hydrogen-bond acceptors (Lipinski definition) is 2. The Morgan fingerprint density at radius 3 is 1.73 bits per heavy atom. The Kier molecular flexibility index (Phi) is 13.0. The molecule has 2 nitrogen and oxygen atoms in total. The summed E-state index contributed by atoms with van der Waals surface area (Å²) in [4.78, 5) is 12.3. The summed E-state index contributed by atoms with van der Waals surface area (Å²) in [5.74, 6) is 1.20. The van der Waals surface area contributed by atoms with Crippen molar-refractivity contribution in [3.05, 3.63) is 29.8 Å². The molecule has 26 heavy (non-hydrogen) atoms. The summed E-state index contributed by atoms with van der Waals surface area (Å²) in [6, 6.07) is 7.87. The molecule has 0 saturated carbocycles. The molecular formula is C24H40O2. The first-order chi connectivity index (χ1) is 12.7. The Balaban J connectivity index is 2.00. The van der Waals surface area contributed by atoms with E-state index in [2.05, 4.69) is 6.92 Å². The summed E-state index contributed by atoms with van der Waals surface area (Å²) in [7, 11) is 1.66. The average Bonchev–Trinajstić information content (AvgIpc) is 2.68. The highest BCUT2D eigenvalue weighted by Gasteiger charge is 2.14. The summed E-state index contributed by atoms with van der Waals surface area (Å²) in [6.07, 6.45) is 16.7. The lowest BCUT2D eigenvalue weighted by Gasteiger charge is -2.11. The lowest BCUT2D eigenvalue weighted by molar-refractivity contribution is -0.120. The van der Waals surface area contributed by atoms with Gasteiger partial charge in [0, 0.05) is 12.3 Å². The molecular weight excluding hydrogens is 320 g/mol. The smallest absolute Gasteiger partial charge is 0.140 e. The fourth-order valence-electron chi connectivity index (χ4n) is 3.44. The molecule has 0 aliphatic rings. The van der Waals surface area contributed by atoms with Crippen LogP contribution in [0.2, 0.25) is 0 Å². The molecule has 0 N–H and O–H groups in total. The van der Waals surface area contributed by atoms with Crippen molar-refractivity contribution in [3.8, 4) is 5.75 Å². The Labute approximate surface area is 161 Å². The minimum Gasteiger partial charge on any atom is -0.497 e. The highest BCUT2D eigenvalue weighted by atomic mass is 16.5. The molecule has 1 rings (SSSR count). The number of Topliss-reactive ketones (excluding diaryl/α,β-unsaturated/α-hetero) is 1. The van der Waals surface area contributed by atoms with E-state index in [4.69, 9.17) is 4.74 Å². The van der Waals surface area contributed by atoms with Crippen LogP contribution in [0, 0.1) is 0 Å². The third kappa shape index (κ3) is 9.99. The molecule has 0 bridgehead atoms. The number of carbonyl (C=O) groups excluding carboxylic acids is 1. The van der Waals surface area contributed by atoms with Crippen molar-refractivity contribution in [2.75, 3.05) is 7.11 Å². The largest absolute Gasteiger partial charge is 0.497 e. The zero-order valence-electron chi connectivity index (χ0n) is 17.4. The van der Waals surface area contributed by atoms with Gasteiger partial charge in [-0.2, -0.15) is 0 Å². The van der Waals surface area contributed by atoms with E-state index in [9.17, 15) is 4.79 Å². The van der Waals surface area contributed by atoms with E-state index in [-0.39, 0.29) is 5.92 Å². The topological polar surface area (TPSA) is 26.3 Å². The highest BCUT2D eigenvalue weighted by Crippen LogP contribution is 2.22. The first kappa shape index (κ1) is 22.7. The zero-order valence-corrected chi connectivity index (χ0v) is 17.4. The van der Waals surface area contributed by atoms with E-state index < -0.39 is 0 Å². The summed E-state index contributed by atoms with van der Waals surface area (Å²) in [6.45, 7) is 4.29. The number of hydrogen-bond donors (Lipinski definition) is 0. The van der Waals surface area contributed by atoms with Gasteiger partial charge in [-0.15, -0.1) is 0 Å². The Morgan fingerprint density at radius 1 is 0.808 bits per heavy atom. The van der Waals surface area contributed by atoms with Crippen LogP contribution in [0.1, 0.15) is 109 Å². The molecule has 0 aliphatic carbocycles. The minimum absolute atomic E-state index is 0.00591. The van der Waals surface area contributed by atoms with Gasteiger partial charge < -0.3 is 4.74 Å². The van der Waals surface area contributed by atoms with Gasteiger partial charge in [0.25, 0.3) is 0 Å². The van der Waals surface area contributed by atoms with Gasteiger partial charge in [0.2, 0.25) is 0 Å². The molecule has 1 aromatic rings. The molecule has 0 fully saturated rings. The molecule has 1 atom stereocenters. The van der Waals surface area contributed by atoms with Crippen molar-refractivity contribution >= 4 is 5.78 Å². The molecule has 0 aromatic heterocycles. The van der Waals surface area contributed by atoms with Crippen LogP contribution in [0.15, 0.2) is 24.3 Å². The molecule has 0 saturated heterocycles. The van der Waals surface area contributed by atoms with Crippen molar-refractivity contribution in [1.29, 1.82) is 0 Å². The normalized spacial score (nSPS) is 12.1. The van der Waals surface area contributed by atoms with Crippen LogP contribution >= 0.6 is 0 Å². The number of carbonyl (C=O) groups is 1. The van der Waals surface area contributed by atoms with E-state index in [0.29, 0.717) is 12.2 Å². The second kappa shape index (κ2) is 14.8. The summed E-state index contributed by atoms with van der Waals surface area (Å²) >= 11 is 0. The maximum absolute atomic E-state index is 12.3. The van der Waals surface area contributed by atoms with Gasteiger partial charge >= 0.3 is 0 Å². The zero-order chi connectivity index (χ0) is 19.0. The van der Waals surface area contributed by atoms with Gasteiger partial charge in [-0.05, 0) is 24.1 Å². The second-order valence-electron chi connectivity index (χ2n) is 7.60. The minimum atomic E-state index is -0.00591. The van der Waals surface area contributed by atoms with Crippen LogP contribution in [0.5, 0.6) is 5.75 Å². The molecule has 0 heterocycles. The fraction of sp³-hybridized carbons (Fsp3) is 0.708. The number of methoxy groups -OCH3 is 1. The van der Waals surface area contributed by atoms with Gasteiger partial charge in [-0.3, -0.25) is 4.79 Å². The molecule has 2 heteroatoms. The van der Waals surface area contributed by atoms with Crippen molar-refractivity contribution in [1.82, 2.24) is 0 Å². The van der Waals surface area contributed by atoms with Crippen LogP contribution in [-0.4, -0.2) is 12.9 Å². The van der Waals surface area contributed by atoms with Crippen LogP contribution in [0.25, 0.3) is 0 Å². The first-order valence-corrected chi connectivity index (χ1v) is 10.9. The van der Waals surface area contributed by atoms with Crippen LogP contribution < -0.4 is 4.74 Å². The summed E-state index contributed by atoms with van der Waals surface area (Å²) < 4.78 is 5.17. The van der Waals surface area contributed by atoms with Gasteiger partial charge in [0.05, 0.1) is 7.11 Å². The number of benzene rings is 1. The molecule has 1 unspecified atom stereocenters. The number of ketones is 1. The predicted molar refractivity (Wildman–Crippen MR) is 112 cm³/mol. The van der Waals surface area contributed by atoms with Crippen LogP contribution in [-0.2, 0) is 4.79 Å². The van der Waals surface area contributed by atoms with Crippen molar-refractivity contribution < 1.29 is 9.53 Å². The van der Waals surface area contributed by atoms with Crippen LogP contribution in [0.4, 0.5) is 0 Å².